The summed E-state index contributed by atoms with van der Waals surface area (Å²) in [6.45, 7) is 5.70. The molecule has 0 atom stereocenters. The van der Waals surface area contributed by atoms with Gasteiger partial charge in [0.15, 0.2) is 0 Å². The maximum absolute atomic E-state index is 12.3. The highest BCUT2D eigenvalue weighted by Crippen LogP contribution is 2.17. The number of amides is 2. The van der Waals surface area contributed by atoms with Crippen molar-refractivity contribution in [1.29, 1.82) is 0 Å². The van der Waals surface area contributed by atoms with Gasteiger partial charge in [-0.05, 0) is 49.9 Å². The Bertz CT molecular complexity index is 649. The van der Waals surface area contributed by atoms with E-state index in [1.54, 1.807) is 11.2 Å². The van der Waals surface area contributed by atoms with Crippen LogP contribution in [0.3, 0.4) is 0 Å². The SMILES string of the molecule is CCN(Cc1ccco1)C(=O)NCc1ccc(N2CCCCC2)nc1. The molecule has 1 fully saturated rings. The van der Waals surface area contributed by atoms with Crippen LogP contribution >= 0.6 is 0 Å². The van der Waals surface area contributed by atoms with Crippen molar-refractivity contribution in [2.24, 2.45) is 0 Å². The lowest BCUT2D eigenvalue weighted by atomic mass is 10.1. The summed E-state index contributed by atoms with van der Waals surface area (Å²) in [5, 5.41) is 2.95. The third-order valence-corrected chi connectivity index (χ3v) is 4.53. The Morgan fingerprint density at radius 3 is 2.76 bits per heavy atom. The number of aromatic nitrogens is 1. The van der Waals surface area contributed by atoms with Crippen LogP contribution in [0.4, 0.5) is 10.6 Å². The Balaban J connectivity index is 1.50. The second-order valence-electron chi connectivity index (χ2n) is 6.32. The number of urea groups is 1. The van der Waals surface area contributed by atoms with Gasteiger partial charge >= 0.3 is 6.03 Å². The van der Waals surface area contributed by atoms with Crippen molar-refractivity contribution in [3.05, 3.63) is 48.0 Å². The normalized spacial score (nSPS) is 14.4. The van der Waals surface area contributed by atoms with Crippen LogP contribution in [-0.4, -0.2) is 35.5 Å². The summed E-state index contributed by atoms with van der Waals surface area (Å²) in [5.41, 5.74) is 1.00. The minimum Gasteiger partial charge on any atom is -0.467 e. The van der Waals surface area contributed by atoms with Crippen LogP contribution in [-0.2, 0) is 13.1 Å². The fourth-order valence-electron chi connectivity index (χ4n) is 3.04. The van der Waals surface area contributed by atoms with E-state index in [0.717, 1.165) is 30.2 Å². The number of anilines is 1. The third-order valence-electron chi connectivity index (χ3n) is 4.53. The zero-order valence-corrected chi connectivity index (χ0v) is 14.8. The van der Waals surface area contributed by atoms with Crippen molar-refractivity contribution in [3.63, 3.8) is 0 Å². The van der Waals surface area contributed by atoms with Crippen LogP contribution < -0.4 is 10.2 Å². The fourth-order valence-corrected chi connectivity index (χ4v) is 3.04. The van der Waals surface area contributed by atoms with Crippen LogP contribution in [0.5, 0.6) is 0 Å². The molecule has 6 nitrogen and oxygen atoms in total. The van der Waals surface area contributed by atoms with Gasteiger partial charge < -0.3 is 19.5 Å². The van der Waals surface area contributed by atoms with Gasteiger partial charge in [-0.1, -0.05) is 6.07 Å². The van der Waals surface area contributed by atoms with Gasteiger partial charge in [0.2, 0.25) is 0 Å². The van der Waals surface area contributed by atoms with Gasteiger partial charge in [-0.25, -0.2) is 9.78 Å². The van der Waals surface area contributed by atoms with E-state index in [1.165, 1.54) is 19.3 Å². The Morgan fingerprint density at radius 1 is 1.28 bits per heavy atom. The molecule has 2 aromatic heterocycles. The summed E-state index contributed by atoms with van der Waals surface area (Å²) >= 11 is 0. The fraction of sp³-hybridized carbons (Fsp3) is 0.474. The minimum atomic E-state index is -0.0981. The summed E-state index contributed by atoms with van der Waals surface area (Å²) in [6.07, 6.45) is 7.26. The first-order chi connectivity index (χ1) is 12.3. The summed E-state index contributed by atoms with van der Waals surface area (Å²) in [4.78, 5) is 20.9. The predicted molar refractivity (Wildman–Crippen MR) is 97.3 cm³/mol. The number of pyridine rings is 1. The molecule has 0 aliphatic carbocycles. The first kappa shape index (κ1) is 17.3. The monoisotopic (exact) mass is 342 g/mol. The van der Waals surface area contributed by atoms with E-state index in [0.29, 0.717) is 19.6 Å². The summed E-state index contributed by atoms with van der Waals surface area (Å²) in [7, 11) is 0. The molecule has 134 valence electrons. The number of furan rings is 1. The van der Waals surface area contributed by atoms with E-state index in [1.807, 2.05) is 37.4 Å². The van der Waals surface area contributed by atoms with Crippen LogP contribution in [0.1, 0.15) is 37.5 Å². The zero-order valence-electron chi connectivity index (χ0n) is 14.8. The predicted octanol–water partition coefficient (Wildman–Crippen LogP) is 3.40. The van der Waals surface area contributed by atoms with Gasteiger partial charge in [0.05, 0.1) is 12.8 Å². The Hall–Kier alpha value is -2.50. The van der Waals surface area contributed by atoms with Crippen molar-refractivity contribution >= 4 is 11.8 Å². The van der Waals surface area contributed by atoms with Gasteiger partial charge in [-0.15, -0.1) is 0 Å². The quantitative estimate of drug-likeness (QED) is 0.874. The average Bonchev–Trinajstić information content (AvgIpc) is 3.18. The molecule has 2 amide bonds. The number of nitrogens with one attached hydrogen (secondary N) is 1. The van der Waals surface area contributed by atoms with E-state index >= 15 is 0 Å². The number of hydrogen-bond acceptors (Lipinski definition) is 4. The van der Waals surface area contributed by atoms with E-state index < -0.39 is 0 Å². The molecule has 2 aromatic rings. The van der Waals surface area contributed by atoms with Gasteiger partial charge in [-0.3, -0.25) is 0 Å². The molecule has 6 heteroatoms. The Morgan fingerprint density at radius 2 is 2.12 bits per heavy atom. The number of carbonyl (C=O) groups is 1. The van der Waals surface area contributed by atoms with Crippen molar-refractivity contribution in [2.75, 3.05) is 24.5 Å². The van der Waals surface area contributed by atoms with Crippen molar-refractivity contribution in [3.8, 4) is 0 Å². The molecule has 1 saturated heterocycles. The highest BCUT2D eigenvalue weighted by Gasteiger charge is 2.14. The molecule has 1 aliphatic rings. The van der Waals surface area contributed by atoms with E-state index in [-0.39, 0.29) is 6.03 Å². The standard InChI is InChI=1S/C19H26N4O2/c1-2-22(15-17-7-6-12-25-17)19(24)21-14-16-8-9-18(20-13-16)23-10-4-3-5-11-23/h6-9,12-13H,2-5,10-11,14-15H2,1H3,(H,21,24). The van der Waals surface area contributed by atoms with Gasteiger partial charge in [0, 0.05) is 32.4 Å². The summed E-state index contributed by atoms with van der Waals surface area (Å²) < 4.78 is 5.31. The summed E-state index contributed by atoms with van der Waals surface area (Å²) in [5.74, 6) is 1.81. The Kier molecular flexibility index (Phi) is 5.93. The molecule has 25 heavy (non-hydrogen) atoms. The largest absolute Gasteiger partial charge is 0.467 e. The molecule has 0 aromatic carbocycles. The molecular formula is C19H26N4O2. The number of piperidine rings is 1. The molecular weight excluding hydrogens is 316 g/mol. The molecule has 3 heterocycles. The van der Waals surface area contributed by atoms with Crippen molar-refractivity contribution in [2.45, 2.75) is 39.3 Å². The van der Waals surface area contributed by atoms with Crippen LogP contribution in [0.15, 0.2) is 41.1 Å². The number of nitrogens with zero attached hydrogens (tertiary/aromatic N) is 3. The van der Waals surface area contributed by atoms with Gasteiger partial charge in [-0.2, -0.15) is 0 Å². The topological polar surface area (TPSA) is 61.6 Å². The smallest absolute Gasteiger partial charge is 0.318 e. The van der Waals surface area contributed by atoms with E-state index in [9.17, 15) is 4.79 Å². The van der Waals surface area contributed by atoms with Crippen LogP contribution in [0.2, 0.25) is 0 Å². The van der Waals surface area contributed by atoms with E-state index in [2.05, 4.69) is 15.2 Å². The molecule has 0 saturated carbocycles. The lowest BCUT2D eigenvalue weighted by molar-refractivity contribution is 0.193. The molecule has 0 bridgehead atoms. The van der Waals surface area contributed by atoms with Crippen LogP contribution in [0, 0.1) is 0 Å². The second kappa shape index (κ2) is 8.55. The van der Waals surface area contributed by atoms with Gasteiger partial charge in [0.25, 0.3) is 0 Å². The highest BCUT2D eigenvalue weighted by atomic mass is 16.3. The second-order valence-corrected chi connectivity index (χ2v) is 6.32. The molecule has 1 aliphatic heterocycles. The van der Waals surface area contributed by atoms with Crippen LogP contribution in [0.25, 0.3) is 0 Å². The highest BCUT2D eigenvalue weighted by molar-refractivity contribution is 5.74. The zero-order chi connectivity index (χ0) is 17.5. The van der Waals surface area contributed by atoms with Crippen molar-refractivity contribution in [1.82, 2.24) is 15.2 Å². The lowest BCUT2D eigenvalue weighted by Crippen LogP contribution is -2.39. The maximum atomic E-state index is 12.3. The van der Waals surface area contributed by atoms with Gasteiger partial charge in [0.1, 0.15) is 11.6 Å². The maximum Gasteiger partial charge on any atom is 0.318 e. The average molecular weight is 342 g/mol. The lowest BCUT2D eigenvalue weighted by Gasteiger charge is -2.27. The molecule has 1 N–H and O–H groups in total. The third kappa shape index (κ3) is 4.75. The Labute approximate surface area is 148 Å². The van der Waals surface area contributed by atoms with Crippen molar-refractivity contribution < 1.29 is 9.21 Å². The first-order valence-corrected chi connectivity index (χ1v) is 9.01. The number of rotatable bonds is 6. The molecule has 0 radical (unpaired) electrons. The summed E-state index contributed by atoms with van der Waals surface area (Å²) in [6, 6.07) is 7.70. The number of hydrogen-bond donors (Lipinski definition) is 1. The molecule has 0 spiro atoms. The first-order valence-electron chi connectivity index (χ1n) is 9.01. The number of carbonyl (C=O) groups excluding carboxylic acids is 1. The minimum absolute atomic E-state index is 0.0981. The molecule has 3 rings (SSSR count). The molecule has 0 unspecified atom stereocenters. The van der Waals surface area contributed by atoms with E-state index in [4.69, 9.17) is 4.42 Å².